The minimum absolute atomic E-state index is 0.00962. The van der Waals surface area contributed by atoms with E-state index in [1.807, 2.05) is 0 Å². The summed E-state index contributed by atoms with van der Waals surface area (Å²) in [5, 5.41) is 35.8. The number of unbranched alkanes of at least 4 members (excludes halogenated alkanes) is 1. The third-order valence-electron chi connectivity index (χ3n) is 5.36. The lowest BCUT2D eigenvalue weighted by Gasteiger charge is -2.25. The van der Waals surface area contributed by atoms with Crippen molar-refractivity contribution in [1.82, 2.24) is 16.0 Å². The number of benzene rings is 1. The van der Waals surface area contributed by atoms with Crippen LogP contribution in [0.3, 0.4) is 0 Å². The molecule has 35 heavy (non-hydrogen) atoms. The first-order valence-corrected chi connectivity index (χ1v) is 11.5. The number of hydrogen-bond donors (Lipinski definition) is 8. The first-order valence-electron chi connectivity index (χ1n) is 11.5. The van der Waals surface area contributed by atoms with Gasteiger partial charge in [0, 0.05) is 6.42 Å². The van der Waals surface area contributed by atoms with Gasteiger partial charge in [-0.1, -0.05) is 32.4 Å². The molecule has 10 N–H and O–H groups in total. The average molecular weight is 496 g/mol. The normalized spacial score (nSPS) is 14.5. The highest BCUT2D eigenvalue weighted by molar-refractivity contribution is 5.94. The molecule has 4 atom stereocenters. The van der Waals surface area contributed by atoms with E-state index in [1.165, 1.54) is 12.1 Å². The van der Waals surface area contributed by atoms with Gasteiger partial charge in [-0.3, -0.25) is 14.4 Å². The number of phenols is 1. The Hall–Kier alpha value is -3.22. The number of carboxylic acid groups (broad SMARTS) is 1. The number of carbonyl (C=O) groups excluding carboxylic acids is 3. The van der Waals surface area contributed by atoms with Gasteiger partial charge in [0.2, 0.25) is 17.7 Å². The zero-order valence-electron chi connectivity index (χ0n) is 20.1. The molecule has 0 aliphatic rings. The van der Waals surface area contributed by atoms with E-state index < -0.39 is 60.4 Å². The number of aliphatic hydroxyl groups excluding tert-OH is 1. The van der Waals surface area contributed by atoms with Crippen LogP contribution in [0.5, 0.6) is 5.75 Å². The fraction of sp³-hybridized carbons (Fsp3) is 0.565. The molecular weight excluding hydrogens is 458 g/mol. The molecule has 0 aliphatic heterocycles. The topological polar surface area (TPSA) is 217 Å². The number of hydrogen-bond acceptors (Lipinski definition) is 8. The molecule has 12 heteroatoms. The van der Waals surface area contributed by atoms with Gasteiger partial charge in [0.25, 0.3) is 0 Å². The molecule has 4 unspecified atom stereocenters. The molecule has 1 aromatic carbocycles. The van der Waals surface area contributed by atoms with Gasteiger partial charge in [-0.25, -0.2) is 4.79 Å². The Morgan fingerprint density at radius 1 is 0.914 bits per heavy atom. The summed E-state index contributed by atoms with van der Waals surface area (Å²) in [4.78, 5) is 49.6. The highest BCUT2D eigenvalue weighted by Gasteiger charge is 2.31. The molecule has 1 rings (SSSR count). The van der Waals surface area contributed by atoms with E-state index in [1.54, 1.807) is 26.0 Å². The fourth-order valence-corrected chi connectivity index (χ4v) is 3.23. The summed E-state index contributed by atoms with van der Waals surface area (Å²) < 4.78 is 0. The van der Waals surface area contributed by atoms with Crippen LogP contribution in [-0.4, -0.2) is 76.3 Å². The smallest absolute Gasteiger partial charge is 0.326 e. The molecule has 12 nitrogen and oxygen atoms in total. The van der Waals surface area contributed by atoms with E-state index >= 15 is 0 Å². The summed E-state index contributed by atoms with van der Waals surface area (Å²) in [6.07, 6.45) is 1.62. The third-order valence-corrected chi connectivity index (χ3v) is 5.36. The molecule has 196 valence electrons. The van der Waals surface area contributed by atoms with Gasteiger partial charge in [-0.15, -0.1) is 0 Å². The van der Waals surface area contributed by atoms with Gasteiger partial charge < -0.3 is 42.7 Å². The van der Waals surface area contributed by atoms with Gasteiger partial charge in [-0.05, 0) is 43.0 Å². The minimum Gasteiger partial charge on any atom is -0.508 e. The van der Waals surface area contributed by atoms with E-state index in [-0.39, 0.29) is 12.2 Å². The molecule has 0 aromatic heterocycles. The minimum atomic E-state index is -1.38. The van der Waals surface area contributed by atoms with Gasteiger partial charge in [0.15, 0.2) is 0 Å². The third kappa shape index (κ3) is 10.3. The van der Waals surface area contributed by atoms with Crippen molar-refractivity contribution < 1.29 is 34.5 Å². The number of aromatic hydroxyl groups is 1. The summed E-state index contributed by atoms with van der Waals surface area (Å²) in [6, 6.07) is 1.21. The maximum Gasteiger partial charge on any atom is 0.326 e. The number of nitrogens with two attached hydrogens (primary N) is 2. The van der Waals surface area contributed by atoms with Crippen LogP contribution >= 0.6 is 0 Å². The summed E-state index contributed by atoms with van der Waals surface area (Å²) >= 11 is 0. The lowest BCUT2D eigenvalue weighted by molar-refractivity contribution is -0.143. The second-order valence-electron chi connectivity index (χ2n) is 8.63. The van der Waals surface area contributed by atoms with Crippen molar-refractivity contribution in [3.05, 3.63) is 29.8 Å². The van der Waals surface area contributed by atoms with E-state index in [9.17, 15) is 34.5 Å². The first-order chi connectivity index (χ1) is 16.5. The lowest BCUT2D eigenvalue weighted by Crippen LogP contribution is -2.59. The predicted molar refractivity (Wildman–Crippen MR) is 128 cm³/mol. The second-order valence-corrected chi connectivity index (χ2v) is 8.63. The van der Waals surface area contributed by atoms with Crippen LogP contribution in [0.4, 0.5) is 0 Å². The highest BCUT2D eigenvalue weighted by atomic mass is 16.4. The number of aliphatic hydroxyl groups is 1. The monoisotopic (exact) mass is 495 g/mol. The van der Waals surface area contributed by atoms with E-state index in [0.29, 0.717) is 31.4 Å². The fourth-order valence-electron chi connectivity index (χ4n) is 3.23. The Labute approximate surface area is 204 Å². The highest BCUT2D eigenvalue weighted by Crippen LogP contribution is 2.12. The first kappa shape index (κ1) is 29.8. The van der Waals surface area contributed by atoms with Gasteiger partial charge in [0.1, 0.15) is 23.9 Å². The van der Waals surface area contributed by atoms with Crippen LogP contribution < -0.4 is 27.4 Å². The number of carboxylic acids is 1. The van der Waals surface area contributed by atoms with Crippen LogP contribution in [0.15, 0.2) is 24.3 Å². The van der Waals surface area contributed by atoms with Gasteiger partial charge in [-0.2, -0.15) is 0 Å². The lowest BCUT2D eigenvalue weighted by atomic mass is 10.0. The Kier molecular flexibility index (Phi) is 12.7. The molecule has 0 radical (unpaired) electrons. The zero-order chi connectivity index (χ0) is 26.5. The van der Waals surface area contributed by atoms with Crippen molar-refractivity contribution >= 4 is 23.7 Å². The van der Waals surface area contributed by atoms with Crippen molar-refractivity contribution in [1.29, 1.82) is 0 Å². The molecule has 0 fully saturated rings. The molecule has 1 aromatic rings. The van der Waals surface area contributed by atoms with Crippen LogP contribution in [0, 0.1) is 5.92 Å². The van der Waals surface area contributed by atoms with Crippen LogP contribution in [0.2, 0.25) is 0 Å². The van der Waals surface area contributed by atoms with Crippen molar-refractivity contribution in [3.63, 3.8) is 0 Å². The van der Waals surface area contributed by atoms with Crippen LogP contribution in [-0.2, 0) is 25.6 Å². The zero-order valence-corrected chi connectivity index (χ0v) is 20.1. The molecule has 0 saturated heterocycles. The Morgan fingerprint density at radius 3 is 2.00 bits per heavy atom. The summed E-state index contributed by atoms with van der Waals surface area (Å²) in [5.41, 5.74) is 11.8. The maximum absolute atomic E-state index is 12.9. The predicted octanol–water partition coefficient (Wildman–Crippen LogP) is -1.42. The Bertz CT molecular complexity index is 847. The van der Waals surface area contributed by atoms with Crippen molar-refractivity contribution in [3.8, 4) is 5.75 Å². The SMILES string of the molecule is CC(C)C(NC(=O)C(Cc1ccc(O)cc1)NC(=O)C(CO)NC(=O)C(N)CCCCN)C(=O)O. The average Bonchev–Trinajstić information content (AvgIpc) is 2.80. The quantitative estimate of drug-likeness (QED) is 0.134. The largest absolute Gasteiger partial charge is 0.508 e. The Balaban J connectivity index is 2.99. The maximum atomic E-state index is 12.9. The van der Waals surface area contributed by atoms with Crippen LogP contribution in [0.1, 0.15) is 38.7 Å². The van der Waals surface area contributed by atoms with E-state index in [2.05, 4.69) is 16.0 Å². The number of amides is 3. The summed E-state index contributed by atoms with van der Waals surface area (Å²) in [6.45, 7) is 2.96. The number of rotatable bonds is 15. The number of carbonyl (C=O) groups is 4. The molecule has 0 saturated carbocycles. The van der Waals surface area contributed by atoms with Crippen molar-refractivity contribution in [2.75, 3.05) is 13.2 Å². The van der Waals surface area contributed by atoms with Crippen molar-refractivity contribution in [2.45, 2.75) is 63.7 Å². The Morgan fingerprint density at radius 2 is 1.49 bits per heavy atom. The van der Waals surface area contributed by atoms with Gasteiger partial charge in [0.05, 0.1) is 12.6 Å². The molecular formula is C23H37N5O7. The number of aliphatic carboxylic acids is 1. The summed E-state index contributed by atoms with van der Waals surface area (Å²) in [7, 11) is 0. The molecule has 0 heterocycles. The van der Waals surface area contributed by atoms with Crippen molar-refractivity contribution in [2.24, 2.45) is 17.4 Å². The molecule has 3 amide bonds. The molecule has 0 aliphatic carbocycles. The van der Waals surface area contributed by atoms with Gasteiger partial charge >= 0.3 is 5.97 Å². The molecule has 0 spiro atoms. The number of nitrogens with one attached hydrogen (secondary N) is 3. The summed E-state index contributed by atoms with van der Waals surface area (Å²) in [5.74, 6) is -3.88. The van der Waals surface area contributed by atoms with E-state index in [4.69, 9.17) is 11.5 Å². The van der Waals surface area contributed by atoms with E-state index in [0.717, 1.165) is 0 Å². The second kappa shape index (κ2) is 14.9. The number of phenolic OH excluding ortho intramolecular Hbond substituents is 1. The molecule has 0 bridgehead atoms. The standard InChI is InChI=1S/C23H37N5O7/c1-13(2)19(23(34)35)28-21(32)17(11-14-6-8-15(30)9-7-14)26-22(33)18(12-29)27-20(31)16(25)5-3-4-10-24/h6-9,13,16-19,29-30H,3-5,10-12,24-25H2,1-2H3,(H,26,33)(H,27,31)(H,28,32)(H,34,35). The van der Waals surface area contributed by atoms with Crippen LogP contribution in [0.25, 0.3) is 0 Å².